The summed E-state index contributed by atoms with van der Waals surface area (Å²) in [6.45, 7) is 6.59. The topological polar surface area (TPSA) is 227 Å². The van der Waals surface area contributed by atoms with Crippen molar-refractivity contribution in [3.8, 4) is 0 Å². The standard InChI is InChI=1S/C45H54N14O7/c1-54(2)43(63)36-24-29-25-48-45(51-40(29)58(36)31-6-3-4-7-31)49-37-12-10-32(26-47-37)56-17-15-55(16-18-56)27-30-28-57(53-52-30)19-21-66-23-22-65-20-14-46-34-9-5-8-33-39(34)44(64)59(42(33)62)35-11-13-38(60)50-41(35)61/h5,8-10,12,24-26,28,31,35,46H,3-4,6-7,11,13-23,27H2,1-2H3,(H,50,60,61)(H,47,48,49,51). The number of benzene rings is 1. The van der Waals surface area contributed by atoms with Gasteiger partial charge in [-0.15, -0.1) is 5.10 Å². The molecule has 1 aromatic carbocycles. The molecule has 66 heavy (non-hydrogen) atoms. The number of carbonyl (C=O) groups excluding carboxylic acids is 5. The van der Waals surface area contributed by atoms with Crippen LogP contribution in [0.2, 0.25) is 0 Å². The van der Waals surface area contributed by atoms with Crippen LogP contribution < -0.4 is 20.9 Å². The van der Waals surface area contributed by atoms with Crippen molar-refractivity contribution in [1.29, 1.82) is 0 Å². The molecule has 9 rings (SSSR count). The van der Waals surface area contributed by atoms with Gasteiger partial charge in [0.2, 0.25) is 17.8 Å². The number of rotatable bonds is 18. The maximum atomic E-state index is 13.3. The first-order valence-electron chi connectivity index (χ1n) is 22.5. The van der Waals surface area contributed by atoms with Gasteiger partial charge in [0.15, 0.2) is 0 Å². The van der Waals surface area contributed by atoms with Crippen LogP contribution in [-0.2, 0) is 32.2 Å². The largest absolute Gasteiger partial charge is 0.382 e. The lowest BCUT2D eigenvalue weighted by Gasteiger charge is -2.35. The van der Waals surface area contributed by atoms with Crippen LogP contribution in [0.3, 0.4) is 0 Å². The van der Waals surface area contributed by atoms with Gasteiger partial charge >= 0.3 is 0 Å². The molecule has 3 fully saturated rings. The number of hydrogen-bond donors (Lipinski definition) is 3. The van der Waals surface area contributed by atoms with Crippen LogP contribution in [0, 0.1) is 0 Å². The molecule has 346 valence electrons. The highest BCUT2D eigenvalue weighted by Gasteiger charge is 2.45. The summed E-state index contributed by atoms with van der Waals surface area (Å²) in [6, 6.07) is 10.1. The summed E-state index contributed by atoms with van der Waals surface area (Å²) in [5.41, 5.74) is 4.25. The zero-order valence-corrected chi connectivity index (χ0v) is 37.1. The monoisotopic (exact) mass is 902 g/mol. The Morgan fingerprint density at radius 2 is 1.71 bits per heavy atom. The quantitative estimate of drug-likeness (QED) is 0.0849. The van der Waals surface area contributed by atoms with E-state index in [2.05, 4.69) is 56.7 Å². The number of fused-ring (bicyclic) bond motifs is 2. The number of nitrogens with one attached hydrogen (secondary N) is 3. The number of amides is 5. The highest BCUT2D eigenvalue weighted by Crippen LogP contribution is 2.35. The van der Waals surface area contributed by atoms with Gasteiger partial charge in [-0.05, 0) is 49.6 Å². The molecule has 1 aliphatic carbocycles. The molecule has 1 saturated carbocycles. The number of pyridine rings is 1. The number of anilines is 4. The van der Waals surface area contributed by atoms with Gasteiger partial charge in [0.25, 0.3) is 17.7 Å². The molecule has 3 N–H and O–H groups in total. The molecule has 5 aromatic rings. The molecule has 1 unspecified atom stereocenters. The Morgan fingerprint density at radius 3 is 2.47 bits per heavy atom. The van der Waals surface area contributed by atoms with Crippen molar-refractivity contribution >= 4 is 63.7 Å². The fourth-order valence-corrected chi connectivity index (χ4v) is 9.07. The minimum atomic E-state index is -1.02. The average molecular weight is 903 g/mol. The number of piperidine rings is 1. The summed E-state index contributed by atoms with van der Waals surface area (Å²) in [7, 11) is 3.54. The van der Waals surface area contributed by atoms with Crippen LogP contribution >= 0.6 is 0 Å². The number of carbonyl (C=O) groups is 5. The highest BCUT2D eigenvalue weighted by molar-refractivity contribution is 6.25. The lowest BCUT2D eigenvalue weighted by atomic mass is 10.0. The average Bonchev–Trinajstić information content (AvgIpc) is 4.13. The molecule has 21 nitrogen and oxygen atoms in total. The molecule has 0 bridgehead atoms. The first kappa shape index (κ1) is 44.4. The van der Waals surface area contributed by atoms with Gasteiger partial charge in [-0.3, -0.25) is 39.1 Å². The fraction of sp³-hybridized carbons (Fsp3) is 0.467. The highest BCUT2D eigenvalue weighted by atomic mass is 16.5. The third kappa shape index (κ3) is 9.58. The number of aromatic nitrogens is 7. The van der Waals surface area contributed by atoms with Crippen LogP contribution in [0.4, 0.5) is 23.1 Å². The lowest BCUT2D eigenvalue weighted by Crippen LogP contribution is -2.54. The van der Waals surface area contributed by atoms with E-state index in [1.165, 1.54) is 0 Å². The Morgan fingerprint density at radius 1 is 0.909 bits per heavy atom. The number of piperazine rings is 1. The van der Waals surface area contributed by atoms with Gasteiger partial charge in [0, 0.05) is 89.3 Å². The first-order valence-corrected chi connectivity index (χ1v) is 22.5. The van der Waals surface area contributed by atoms with Crippen molar-refractivity contribution in [2.24, 2.45) is 0 Å². The molecule has 0 radical (unpaired) electrons. The summed E-state index contributed by atoms with van der Waals surface area (Å²) in [5, 5.41) is 18.1. The molecule has 5 amide bonds. The van der Waals surface area contributed by atoms with Crippen molar-refractivity contribution in [1.82, 2.24) is 54.5 Å². The van der Waals surface area contributed by atoms with Gasteiger partial charge in [-0.25, -0.2) is 14.6 Å². The summed E-state index contributed by atoms with van der Waals surface area (Å²) in [6.07, 6.45) is 10.1. The zero-order valence-electron chi connectivity index (χ0n) is 37.1. The van der Waals surface area contributed by atoms with E-state index in [0.717, 1.165) is 79.2 Å². The van der Waals surface area contributed by atoms with E-state index in [1.807, 2.05) is 24.5 Å². The molecule has 0 spiro atoms. The van der Waals surface area contributed by atoms with Gasteiger partial charge in [-0.1, -0.05) is 24.1 Å². The van der Waals surface area contributed by atoms with Crippen LogP contribution in [0.25, 0.3) is 11.0 Å². The first-order chi connectivity index (χ1) is 32.1. The second kappa shape index (κ2) is 19.7. The van der Waals surface area contributed by atoms with Crippen molar-refractivity contribution < 1.29 is 33.4 Å². The second-order valence-corrected chi connectivity index (χ2v) is 17.1. The van der Waals surface area contributed by atoms with Crippen LogP contribution in [-0.4, -0.2) is 158 Å². The molecule has 4 aromatic heterocycles. The molecule has 4 aliphatic rings. The fourth-order valence-electron chi connectivity index (χ4n) is 9.07. The van der Waals surface area contributed by atoms with Crippen LogP contribution in [0.1, 0.15) is 81.5 Å². The number of nitrogens with zero attached hydrogens (tertiary/aromatic N) is 11. The van der Waals surface area contributed by atoms with E-state index in [9.17, 15) is 24.0 Å². The summed E-state index contributed by atoms with van der Waals surface area (Å²) in [5.74, 6) is -1.13. The molecular formula is C45H54N14O7. The second-order valence-electron chi connectivity index (χ2n) is 17.1. The third-order valence-corrected chi connectivity index (χ3v) is 12.5. The van der Waals surface area contributed by atoms with E-state index in [4.69, 9.17) is 14.5 Å². The lowest BCUT2D eigenvalue weighted by molar-refractivity contribution is -0.136. The smallest absolute Gasteiger partial charge is 0.270 e. The molecule has 1 atom stereocenters. The third-order valence-electron chi connectivity index (χ3n) is 12.5. The van der Waals surface area contributed by atoms with E-state index in [0.29, 0.717) is 69.2 Å². The van der Waals surface area contributed by atoms with Gasteiger partial charge in [0.05, 0.1) is 61.7 Å². The van der Waals surface area contributed by atoms with Crippen molar-refractivity contribution in [3.05, 3.63) is 77.5 Å². The summed E-state index contributed by atoms with van der Waals surface area (Å²) < 4.78 is 15.4. The number of imide groups is 2. The van der Waals surface area contributed by atoms with E-state index in [1.54, 1.807) is 48.1 Å². The predicted molar refractivity (Wildman–Crippen MR) is 241 cm³/mol. The van der Waals surface area contributed by atoms with E-state index >= 15 is 0 Å². The molecule has 2 saturated heterocycles. The minimum Gasteiger partial charge on any atom is -0.382 e. The van der Waals surface area contributed by atoms with E-state index < -0.39 is 29.7 Å². The normalized spacial score (nSPS) is 18.1. The molecular weight excluding hydrogens is 849 g/mol. The maximum absolute atomic E-state index is 13.3. The van der Waals surface area contributed by atoms with Crippen molar-refractivity contribution in [3.63, 3.8) is 0 Å². The Bertz CT molecular complexity index is 2600. The van der Waals surface area contributed by atoms with Crippen molar-refractivity contribution in [2.45, 2.75) is 63.7 Å². The van der Waals surface area contributed by atoms with Gasteiger partial charge in [0.1, 0.15) is 23.2 Å². The van der Waals surface area contributed by atoms with E-state index in [-0.39, 0.29) is 35.9 Å². The summed E-state index contributed by atoms with van der Waals surface area (Å²) in [4.78, 5) is 84.7. The van der Waals surface area contributed by atoms with Gasteiger partial charge in [-0.2, -0.15) is 4.98 Å². The Hall–Kier alpha value is -6.84. The minimum absolute atomic E-state index is 0.0376. The Kier molecular flexibility index (Phi) is 13.3. The number of hydrogen-bond acceptors (Lipinski definition) is 16. The SMILES string of the molecule is CN(C)C(=O)c1cc2cnc(Nc3ccc(N4CCN(Cc5cn(CCOCCOCCNc6cccc7c6C(=O)N(C6CCC(=O)NC6=O)C7=O)nn5)CC4)cn3)nc2n1C1CCCC1. The predicted octanol–water partition coefficient (Wildman–Crippen LogP) is 2.85. The van der Waals surface area contributed by atoms with Crippen LogP contribution in [0.15, 0.2) is 55.0 Å². The van der Waals surface area contributed by atoms with Gasteiger partial charge < -0.3 is 34.5 Å². The molecule has 3 aliphatic heterocycles. The maximum Gasteiger partial charge on any atom is 0.270 e. The Labute approximate surface area is 380 Å². The van der Waals surface area contributed by atoms with Crippen molar-refractivity contribution in [2.75, 3.05) is 88.8 Å². The zero-order chi connectivity index (χ0) is 45.7. The Balaban J connectivity index is 0.663. The number of ether oxygens (including phenoxy) is 2. The van der Waals surface area contributed by atoms with Crippen LogP contribution in [0.5, 0.6) is 0 Å². The molecule has 21 heteroatoms. The molecule has 7 heterocycles. The summed E-state index contributed by atoms with van der Waals surface area (Å²) >= 11 is 0.